The number of carbonyl (C=O) groups excluding carboxylic acids is 2. The zero-order valence-corrected chi connectivity index (χ0v) is 20.0. The molecule has 2 aromatic carbocycles. The Morgan fingerprint density at radius 3 is 2.53 bits per heavy atom. The number of methoxy groups -OCH3 is 2. The lowest BCUT2D eigenvalue weighted by Crippen LogP contribution is -2.45. The highest BCUT2D eigenvalue weighted by atomic mass is 16.6. The number of nitrogens with one attached hydrogen (secondary N) is 1. The van der Waals surface area contributed by atoms with Gasteiger partial charge in [0.25, 0.3) is 0 Å². The van der Waals surface area contributed by atoms with Crippen LogP contribution >= 0.6 is 0 Å². The third-order valence-electron chi connectivity index (χ3n) is 7.50. The molecule has 5 atom stereocenters. The zero-order chi connectivity index (χ0) is 24.0. The molecule has 34 heavy (non-hydrogen) atoms. The van der Waals surface area contributed by atoms with E-state index in [9.17, 15) is 9.59 Å². The standard InChI is InChI=1S/C28H31NO5/c1-28(2)14-16-12-20(19-11-10-18(32-3)13-21(19)33-4)24(25-23(16)22(15-28)34-27(25)31)26(30)29-17-8-6-5-7-9-17/h5-13,20,22-25H,14-15H2,1-4H3,(H,29,30)/t20-,22-,23+,24+,25-/m1/s1. The largest absolute Gasteiger partial charge is 0.497 e. The molecule has 0 bridgehead atoms. The van der Waals surface area contributed by atoms with Gasteiger partial charge in [0.05, 0.1) is 26.1 Å². The van der Waals surface area contributed by atoms with E-state index in [1.807, 2.05) is 48.5 Å². The number of hydrogen-bond acceptors (Lipinski definition) is 5. The summed E-state index contributed by atoms with van der Waals surface area (Å²) >= 11 is 0. The van der Waals surface area contributed by atoms with Crippen LogP contribution in [0.1, 0.15) is 38.2 Å². The predicted octanol–water partition coefficient (Wildman–Crippen LogP) is 4.96. The first-order valence-electron chi connectivity index (χ1n) is 11.8. The minimum Gasteiger partial charge on any atom is -0.497 e. The maximum Gasteiger partial charge on any atom is 0.310 e. The highest BCUT2D eigenvalue weighted by molar-refractivity contribution is 5.97. The molecule has 0 unspecified atom stereocenters. The third-order valence-corrected chi connectivity index (χ3v) is 7.50. The first kappa shape index (κ1) is 22.5. The average molecular weight is 462 g/mol. The number of esters is 1. The molecule has 1 saturated heterocycles. The minimum atomic E-state index is -0.616. The number of allylic oxidation sites excluding steroid dienone is 1. The summed E-state index contributed by atoms with van der Waals surface area (Å²) < 4.78 is 17.0. The summed E-state index contributed by atoms with van der Waals surface area (Å²) in [5, 5.41) is 3.05. The number of carbonyl (C=O) groups is 2. The Balaban J connectivity index is 1.63. The molecule has 2 aromatic rings. The van der Waals surface area contributed by atoms with Crippen molar-refractivity contribution in [3.8, 4) is 11.5 Å². The van der Waals surface area contributed by atoms with Crippen molar-refractivity contribution in [2.75, 3.05) is 19.5 Å². The Kier molecular flexibility index (Phi) is 5.62. The maximum absolute atomic E-state index is 13.8. The summed E-state index contributed by atoms with van der Waals surface area (Å²) in [5.41, 5.74) is 2.80. The molecule has 0 aromatic heterocycles. The smallest absolute Gasteiger partial charge is 0.310 e. The summed E-state index contributed by atoms with van der Waals surface area (Å²) in [7, 11) is 3.22. The lowest BCUT2D eigenvalue weighted by atomic mass is 9.58. The SMILES string of the molecule is COc1ccc([C@H]2C=C3CC(C)(C)C[C@H]4OC(=O)[C@@H]([C@H]2C(=O)Nc2ccccc2)[C@@H]34)c(OC)c1. The lowest BCUT2D eigenvalue weighted by Gasteiger charge is -2.44. The Morgan fingerprint density at radius 1 is 1.06 bits per heavy atom. The summed E-state index contributed by atoms with van der Waals surface area (Å²) in [5.74, 6) is -0.688. The number of hydrogen-bond donors (Lipinski definition) is 1. The van der Waals surface area contributed by atoms with Crippen LogP contribution in [0.2, 0.25) is 0 Å². The molecule has 1 amide bonds. The molecule has 6 heteroatoms. The van der Waals surface area contributed by atoms with Crippen molar-refractivity contribution >= 4 is 17.6 Å². The van der Waals surface area contributed by atoms with E-state index in [0.29, 0.717) is 17.2 Å². The fraction of sp³-hybridized carbons (Fsp3) is 0.429. The van der Waals surface area contributed by atoms with Crippen molar-refractivity contribution in [3.05, 3.63) is 65.7 Å². The molecule has 178 valence electrons. The summed E-state index contributed by atoms with van der Waals surface area (Å²) in [4.78, 5) is 27.1. The predicted molar refractivity (Wildman–Crippen MR) is 129 cm³/mol. The molecule has 1 aliphatic heterocycles. The number of amides is 1. The van der Waals surface area contributed by atoms with Gasteiger partial charge in [-0.2, -0.15) is 0 Å². The van der Waals surface area contributed by atoms with Gasteiger partial charge in [-0.15, -0.1) is 0 Å². The van der Waals surface area contributed by atoms with Crippen molar-refractivity contribution in [2.45, 2.75) is 38.7 Å². The van der Waals surface area contributed by atoms with E-state index < -0.39 is 11.8 Å². The quantitative estimate of drug-likeness (QED) is 0.503. The second-order valence-electron chi connectivity index (χ2n) is 10.3. The van der Waals surface area contributed by atoms with E-state index in [1.165, 1.54) is 5.57 Å². The first-order valence-corrected chi connectivity index (χ1v) is 11.8. The van der Waals surface area contributed by atoms with Crippen molar-refractivity contribution in [1.82, 2.24) is 0 Å². The van der Waals surface area contributed by atoms with Gasteiger partial charge in [-0.05, 0) is 36.5 Å². The van der Waals surface area contributed by atoms with Crippen LogP contribution < -0.4 is 14.8 Å². The van der Waals surface area contributed by atoms with Crippen LogP contribution in [0, 0.1) is 23.2 Å². The van der Waals surface area contributed by atoms with Crippen LogP contribution in [0.5, 0.6) is 11.5 Å². The molecular formula is C28H31NO5. The Morgan fingerprint density at radius 2 is 1.82 bits per heavy atom. The lowest BCUT2D eigenvalue weighted by molar-refractivity contribution is -0.148. The number of benzene rings is 2. The first-order chi connectivity index (χ1) is 16.3. The number of ether oxygens (including phenoxy) is 3. The second kappa shape index (κ2) is 8.49. The molecule has 0 spiro atoms. The normalized spacial score (nSPS) is 28.9. The van der Waals surface area contributed by atoms with Gasteiger partial charge in [-0.3, -0.25) is 9.59 Å². The molecule has 6 nitrogen and oxygen atoms in total. The number of anilines is 1. The topological polar surface area (TPSA) is 73.9 Å². The zero-order valence-electron chi connectivity index (χ0n) is 20.0. The van der Waals surface area contributed by atoms with E-state index in [2.05, 4.69) is 25.2 Å². The molecule has 5 rings (SSSR count). The number of para-hydroxylation sites is 1. The van der Waals surface area contributed by atoms with Gasteiger partial charge in [0, 0.05) is 29.2 Å². The molecule has 1 N–H and O–H groups in total. The molecule has 2 fully saturated rings. The van der Waals surface area contributed by atoms with E-state index >= 15 is 0 Å². The fourth-order valence-electron chi connectivity index (χ4n) is 6.15. The van der Waals surface area contributed by atoms with Gasteiger partial charge in [-0.25, -0.2) is 0 Å². The van der Waals surface area contributed by atoms with Gasteiger partial charge in [0.15, 0.2) is 0 Å². The van der Waals surface area contributed by atoms with E-state index in [0.717, 1.165) is 18.4 Å². The van der Waals surface area contributed by atoms with Gasteiger partial charge in [0.1, 0.15) is 17.6 Å². The van der Waals surface area contributed by atoms with Gasteiger partial charge >= 0.3 is 5.97 Å². The Bertz CT molecular complexity index is 1140. The van der Waals surface area contributed by atoms with Crippen molar-refractivity contribution in [2.24, 2.45) is 23.2 Å². The molecule has 1 heterocycles. The molecule has 1 saturated carbocycles. The third kappa shape index (κ3) is 3.85. The van der Waals surface area contributed by atoms with Gasteiger partial charge < -0.3 is 19.5 Å². The Labute approximate surface area is 200 Å². The van der Waals surface area contributed by atoms with Crippen molar-refractivity contribution < 1.29 is 23.8 Å². The van der Waals surface area contributed by atoms with Crippen LogP contribution in [0.25, 0.3) is 0 Å². The van der Waals surface area contributed by atoms with E-state index in [1.54, 1.807) is 14.2 Å². The highest BCUT2D eigenvalue weighted by Crippen LogP contribution is 2.57. The van der Waals surface area contributed by atoms with Crippen LogP contribution in [-0.2, 0) is 14.3 Å². The van der Waals surface area contributed by atoms with Gasteiger partial charge in [0.2, 0.25) is 5.91 Å². The van der Waals surface area contributed by atoms with Crippen molar-refractivity contribution in [3.63, 3.8) is 0 Å². The summed E-state index contributed by atoms with van der Waals surface area (Å²) in [6, 6.07) is 15.0. The highest BCUT2D eigenvalue weighted by Gasteiger charge is 2.59. The van der Waals surface area contributed by atoms with Crippen LogP contribution in [0.4, 0.5) is 5.69 Å². The average Bonchev–Trinajstić information content (AvgIpc) is 3.14. The van der Waals surface area contributed by atoms with Crippen LogP contribution in [-0.4, -0.2) is 32.2 Å². The summed E-state index contributed by atoms with van der Waals surface area (Å²) in [6.45, 7) is 4.42. The van der Waals surface area contributed by atoms with Gasteiger partial charge in [-0.1, -0.05) is 49.8 Å². The maximum atomic E-state index is 13.8. The minimum absolute atomic E-state index is 0.0237. The Hall–Kier alpha value is -3.28. The monoisotopic (exact) mass is 461 g/mol. The number of rotatable bonds is 5. The fourth-order valence-corrected chi connectivity index (χ4v) is 6.15. The van der Waals surface area contributed by atoms with E-state index in [4.69, 9.17) is 14.2 Å². The molecule has 2 aliphatic carbocycles. The molecule has 0 radical (unpaired) electrons. The van der Waals surface area contributed by atoms with Crippen LogP contribution in [0.15, 0.2) is 60.2 Å². The van der Waals surface area contributed by atoms with Crippen LogP contribution in [0.3, 0.4) is 0 Å². The van der Waals surface area contributed by atoms with E-state index in [-0.39, 0.29) is 35.2 Å². The second-order valence-corrected chi connectivity index (χ2v) is 10.3. The molecule has 3 aliphatic rings. The van der Waals surface area contributed by atoms with Crippen molar-refractivity contribution in [1.29, 1.82) is 0 Å². The summed E-state index contributed by atoms with van der Waals surface area (Å²) in [6.07, 6.45) is 3.71. The molecular weight excluding hydrogens is 430 g/mol.